The normalized spacial score (nSPS) is 15.9. The molecule has 0 aliphatic carbocycles. The molecular weight excluding hydrogens is 382 g/mol. The van der Waals surface area contributed by atoms with Crippen LogP contribution in [0.4, 0.5) is 0 Å². The van der Waals surface area contributed by atoms with E-state index in [-0.39, 0.29) is 17.8 Å². The fourth-order valence-corrected chi connectivity index (χ4v) is 3.28. The molecule has 4 N–H and O–H groups in total. The van der Waals surface area contributed by atoms with Crippen LogP contribution in [0.5, 0.6) is 5.75 Å². The van der Waals surface area contributed by atoms with E-state index in [0.29, 0.717) is 24.7 Å². The predicted molar refractivity (Wildman–Crippen MR) is 120 cm³/mol. The Hall–Kier alpha value is -2.32. The fraction of sp³-hybridized carbons (Fsp3) is 0.636. The van der Waals surface area contributed by atoms with Gasteiger partial charge in [0.05, 0.1) is 19.3 Å². The molecule has 1 aromatic rings. The van der Waals surface area contributed by atoms with E-state index < -0.39 is 0 Å². The number of carbonyl (C=O) groups excluding carboxylic acids is 1. The van der Waals surface area contributed by atoms with Crippen molar-refractivity contribution in [2.45, 2.75) is 45.8 Å². The number of guanidine groups is 1. The van der Waals surface area contributed by atoms with Crippen molar-refractivity contribution in [1.82, 2.24) is 20.9 Å². The first-order valence-corrected chi connectivity index (χ1v) is 10.9. The highest BCUT2D eigenvalue weighted by Crippen LogP contribution is 2.10. The highest BCUT2D eigenvalue weighted by atomic mass is 16.5. The van der Waals surface area contributed by atoms with E-state index in [1.807, 2.05) is 6.92 Å². The van der Waals surface area contributed by atoms with Gasteiger partial charge in [0.15, 0.2) is 5.96 Å². The number of phenolic OH excluding ortho intramolecular Hbond substituents is 1. The number of rotatable bonds is 10. The summed E-state index contributed by atoms with van der Waals surface area (Å²) in [6.07, 6.45) is 2.43. The van der Waals surface area contributed by atoms with Gasteiger partial charge in [-0.1, -0.05) is 0 Å². The van der Waals surface area contributed by atoms with Crippen LogP contribution in [0.25, 0.3) is 0 Å². The molecule has 0 spiro atoms. The van der Waals surface area contributed by atoms with Crippen molar-refractivity contribution >= 4 is 11.9 Å². The molecule has 1 aliphatic heterocycles. The average Bonchev–Trinajstić information content (AvgIpc) is 2.72. The maximum atomic E-state index is 12.1. The summed E-state index contributed by atoms with van der Waals surface area (Å²) < 4.78 is 5.65. The van der Waals surface area contributed by atoms with E-state index in [4.69, 9.17) is 4.74 Å². The minimum Gasteiger partial charge on any atom is -0.508 e. The lowest BCUT2D eigenvalue weighted by Gasteiger charge is -2.33. The van der Waals surface area contributed by atoms with Gasteiger partial charge >= 0.3 is 0 Å². The third-order valence-corrected chi connectivity index (χ3v) is 4.93. The molecular formula is C22H37N5O3. The van der Waals surface area contributed by atoms with Gasteiger partial charge in [-0.15, -0.1) is 0 Å². The monoisotopic (exact) mass is 419 g/mol. The predicted octanol–water partition coefficient (Wildman–Crippen LogP) is 1.57. The number of nitrogens with zero attached hydrogens (tertiary/aromatic N) is 2. The lowest BCUT2D eigenvalue weighted by Crippen LogP contribution is -2.49. The van der Waals surface area contributed by atoms with E-state index >= 15 is 0 Å². The second kappa shape index (κ2) is 13.1. The number of nitrogens with one attached hydrogen (secondary N) is 3. The van der Waals surface area contributed by atoms with Gasteiger partial charge in [-0.3, -0.25) is 9.79 Å². The molecule has 2 rings (SSSR count). The molecule has 168 valence electrons. The van der Waals surface area contributed by atoms with Crippen molar-refractivity contribution in [3.05, 3.63) is 29.8 Å². The third-order valence-electron chi connectivity index (χ3n) is 4.93. The third kappa shape index (κ3) is 9.00. The van der Waals surface area contributed by atoms with Crippen molar-refractivity contribution in [3.63, 3.8) is 0 Å². The zero-order valence-electron chi connectivity index (χ0n) is 18.5. The van der Waals surface area contributed by atoms with Crippen LogP contribution in [0, 0.1) is 0 Å². The summed E-state index contributed by atoms with van der Waals surface area (Å²) in [5, 5.41) is 18.9. The average molecular weight is 420 g/mol. The SMILES string of the molecule is CCNC(=NCCNC(=O)c1ccc(O)cc1)NC1CCN(CCOC(C)C)CC1. The molecule has 0 bridgehead atoms. The lowest BCUT2D eigenvalue weighted by molar-refractivity contribution is 0.0532. The van der Waals surface area contributed by atoms with E-state index in [9.17, 15) is 9.90 Å². The molecule has 0 saturated carbocycles. The van der Waals surface area contributed by atoms with Crippen LogP contribution in [0.15, 0.2) is 29.3 Å². The van der Waals surface area contributed by atoms with Crippen LogP contribution in [0.1, 0.15) is 44.0 Å². The van der Waals surface area contributed by atoms with E-state index in [1.54, 1.807) is 12.1 Å². The molecule has 0 radical (unpaired) electrons. The second-order valence-corrected chi connectivity index (χ2v) is 7.74. The lowest BCUT2D eigenvalue weighted by atomic mass is 10.1. The summed E-state index contributed by atoms with van der Waals surface area (Å²) in [5.41, 5.74) is 0.521. The highest BCUT2D eigenvalue weighted by Gasteiger charge is 2.19. The van der Waals surface area contributed by atoms with Crippen molar-refractivity contribution in [2.24, 2.45) is 4.99 Å². The standard InChI is InChI=1S/C22H37N5O3/c1-4-23-22(25-12-11-24-21(29)18-5-7-20(28)8-6-18)26-19-9-13-27(14-10-19)15-16-30-17(2)3/h5-8,17,19,28H,4,9-16H2,1-3H3,(H,24,29)(H2,23,25,26). The molecule has 1 aliphatic rings. The molecule has 0 aromatic heterocycles. The highest BCUT2D eigenvalue weighted by molar-refractivity contribution is 5.94. The molecule has 0 unspecified atom stereocenters. The topological polar surface area (TPSA) is 98.2 Å². The van der Waals surface area contributed by atoms with E-state index in [0.717, 1.165) is 51.6 Å². The Bertz CT molecular complexity index is 655. The van der Waals surface area contributed by atoms with Crippen LogP contribution >= 0.6 is 0 Å². The minimum atomic E-state index is -0.169. The molecule has 8 heteroatoms. The van der Waals surface area contributed by atoms with Crippen LogP contribution in [0.2, 0.25) is 0 Å². The van der Waals surface area contributed by atoms with E-state index in [2.05, 4.69) is 39.7 Å². The van der Waals surface area contributed by atoms with Crippen LogP contribution in [-0.4, -0.2) is 79.9 Å². The number of likely N-dealkylation sites (tertiary alicyclic amines) is 1. The Balaban J connectivity index is 1.70. The summed E-state index contributed by atoms with van der Waals surface area (Å²) in [4.78, 5) is 19.1. The van der Waals surface area contributed by atoms with Gasteiger partial charge in [0.1, 0.15) is 5.75 Å². The molecule has 1 saturated heterocycles. The van der Waals surface area contributed by atoms with Crippen LogP contribution in [0.3, 0.4) is 0 Å². The number of hydrogen-bond donors (Lipinski definition) is 4. The summed E-state index contributed by atoms with van der Waals surface area (Å²) >= 11 is 0. The Morgan fingerprint density at radius 2 is 1.93 bits per heavy atom. The van der Waals surface area contributed by atoms with Gasteiger partial charge in [-0.05, 0) is 57.9 Å². The first kappa shape index (κ1) is 24.0. The Labute approximate surface area is 180 Å². The van der Waals surface area contributed by atoms with Gasteiger partial charge in [-0.2, -0.15) is 0 Å². The Morgan fingerprint density at radius 1 is 1.23 bits per heavy atom. The van der Waals surface area contributed by atoms with Gasteiger partial charge in [0, 0.05) is 44.3 Å². The maximum absolute atomic E-state index is 12.1. The molecule has 1 aromatic carbocycles. The number of phenols is 1. The van der Waals surface area contributed by atoms with Gasteiger partial charge in [-0.25, -0.2) is 0 Å². The van der Waals surface area contributed by atoms with Crippen molar-refractivity contribution in [1.29, 1.82) is 0 Å². The summed E-state index contributed by atoms with van der Waals surface area (Å²) in [6, 6.07) is 6.60. The molecule has 1 heterocycles. The molecule has 0 atom stereocenters. The number of hydrogen-bond acceptors (Lipinski definition) is 5. The van der Waals surface area contributed by atoms with Crippen LogP contribution < -0.4 is 16.0 Å². The number of ether oxygens (including phenoxy) is 1. The summed E-state index contributed by atoms with van der Waals surface area (Å²) in [5.74, 6) is 0.766. The van der Waals surface area contributed by atoms with Crippen molar-refractivity contribution in [3.8, 4) is 5.75 Å². The molecule has 1 fully saturated rings. The zero-order valence-corrected chi connectivity index (χ0v) is 18.5. The number of benzene rings is 1. The largest absolute Gasteiger partial charge is 0.508 e. The van der Waals surface area contributed by atoms with E-state index in [1.165, 1.54) is 12.1 Å². The van der Waals surface area contributed by atoms with Gasteiger partial charge < -0.3 is 30.7 Å². The zero-order chi connectivity index (χ0) is 21.8. The quantitative estimate of drug-likeness (QED) is 0.261. The molecule has 8 nitrogen and oxygen atoms in total. The molecule has 1 amide bonds. The second-order valence-electron chi connectivity index (χ2n) is 7.74. The number of carbonyl (C=O) groups is 1. The van der Waals surface area contributed by atoms with Crippen molar-refractivity contribution in [2.75, 3.05) is 45.9 Å². The first-order chi connectivity index (χ1) is 14.5. The molecule has 30 heavy (non-hydrogen) atoms. The number of aliphatic imine (C=N–C) groups is 1. The Morgan fingerprint density at radius 3 is 2.57 bits per heavy atom. The fourth-order valence-electron chi connectivity index (χ4n) is 3.28. The Kier molecular flexibility index (Phi) is 10.4. The number of amides is 1. The van der Waals surface area contributed by atoms with Gasteiger partial charge in [0.2, 0.25) is 0 Å². The number of aromatic hydroxyl groups is 1. The first-order valence-electron chi connectivity index (χ1n) is 10.9. The van der Waals surface area contributed by atoms with Crippen molar-refractivity contribution < 1.29 is 14.6 Å². The van der Waals surface area contributed by atoms with Crippen LogP contribution in [-0.2, 0) is 4.74 Å². The minimum absolute atomic E-state index is 0.146. The smallest absolute Gasteiger partial charge is 0.251 e. The summed E-state index contributed by atoms with van der Waals surface area (Å²) in [7, 11) is 0. The number of piperidine rings is 1. The maximum Gasteiger partial charge on any atom is 0.251 e. The van der Waals surface area contributed by atoms with Gasteiger partial charge in [0.25, 0.3) is 5.91 Å². The summed E-state index contributed by atoms with van der Waals surface area (Å²) in [6.45, 7) is 11.8.